The number of rotatable bonds is 4. The molecule has 21 heavy (non-hydrogen) atoms. The lowest BCUT2D eigenvalue weighted by molar-refractivity contribution is 0.102. The van der Waals surface area contributed by atoms with Crippen LogP contribution in [0.5, 0.6) is 0 Å². The van der Waals surface area contributed by atoms with E-state index in [1.54, 1.807) is 12.1 Å². The summed E-state index contributed by atoms with van der Waals surface area (Å²) in [6.45, 7) is 6.05. The zero-order valence-corrected chi connectivity index (χ0v) is 12.5. The van der Waals surface area contributed by atoms with Crippen molar-refractivity contribution in [3.8, 4) is 0 Å². The van der Waals surface area contributed by atoms with E-state index >= 15 is 0 Å². The van der Waals surface area contributed by atoms with E-state index in [4.69, 9.17) is 5.84 Å². The SMILES string of the molecule is Cc1cc(C(=O)Nc2cccc(C(C)C)c2)cc(NN)n1. The number of nitrogens with two attached hydrogens (primary N) is 1. The third kappa shape index (κ3) is 3.79. The highest BCUT2D eigenvalue weighted by Gasteiger charge is 2.09. The summed E-state index contributed by atoms with van der Waals surface area (Å²) in [4.78, 5) is 16.5. The van der Waals surface area contributed by atoms with E-state index in [1.165, 1.54) is 5.56 Å². The minimum Gasteiger partial charge on any atom is -0.322 e. The average molecular weight is 284 g/mol. The zero-order chi connectivity index (χ0) is 15.4. The van der Waals surface area contributed by atoms with Crippen molar-refractivity contribution < 1.29 is 4.79 Å². The van der Waals surface area contributed by atoms with Gasteiger partial charge in [0.15, 0.2) is 0 Å². The number of nitrogens with one attached hydrogen (secondary N) is 2. The highest BCUT2D eigenvalue weighted by Crippen LogP contribution is 2.19. The Morgan fingerprint density at radius 3 is 2.67 bits per heavy atom. The van der Waals surface area contributed by atoms with Gasteiger partial charge in [-0.25, -0.2) is 10.8 Å². The Hall–Kier alpha value is -2.40. The van der Waals surface area contributed by atoms with Crippen LogP contribution in [-0.4, -0.2) is 10.9 Å². The fourth-order valence-electron chi connectivity index (χ4n) is 2.05. The second kappa shape index (κ2) is 6.37. The van der Waals surface area contributed by atoms with E-state index in [0.717, 1.165) is 11.4 Å². The number of aromatic nitrogens is 1. The Bertz CT molecular complexity index is 652. The van der Waals surface area contributed by atoms with Gasteiger partial charge in [-0.2, -0.15) is 0 Å². The molecule has 0 atom stereocenters. The number of carbonyl (C=O) groups is 1. The first kappa shape index (κ1) is 15.0. The molecule has 1 heterocycles. The van der Waals surface area contributed by atoms with Crippen LogP contribution in [0.3, 0.4) is 0 Å². The Kier molecular flexibility index (Phi) is 4.55. The smallest absolute Gasteiger partial charge is 0.255 e. The molecule has 0 spiro atoms. The van der Waals surface area contributed by atoms with Crippen molar-refractivity contribution in [3.63, 3.8) is 0 Å². The molecule has 5 heteroatoms. The van der Waals surface area contributed by atoms with Gasteiger partial charge in [-0.3, -0.25) is 4.79 Å². The molecular weight excluding hydrogens is 264 g/mol. The number of anilines is 2. The summed E-state index contributed by atoms with van der Waals surface area (Å²) in [6.07, 6.45) is 0. The molecular formula is C16H20N4O. The first-order chi connectivity index (χ1) is 9.99. The topological polar surface area (TPSA) is 80.0 Å². The van der Waals surface area contributed by atoms with Crippen LogP contribution in [0.15, 0.2) is 36.4 Å². The lowest BCUT2D eigenvalue weighted by Gasteiger charge is -2.10. The van der Waals surface area contributed by atoms with Crippen LogP contribution < -0.4 is 16.6 Å². The quantitative estimate of drug-likeness (QED) is 0.595. The summed E-state index contributed by atoms with van der Waals surface area (Å²) in [5.41, 5.74) is 5.67. The second-order valence-corrected chi connectivity index (χ2v) is 5.26. The van der Waals surface area contributed by atoms with Crippen LogP contribution >= 0.6 is 0 Å². The average Bonchev–Trinajstić information content (AvgIpc) is 2.46. The molecule has 1 amide bonds. The summed E-state index contributed by atoms with van der Waals surface area (Å²) in [5, 5.41) is 2.90. The molecule has 0 unspecified atom stereocenters. The predicted octanol–water partition coefficient (Wildman–Crippen LogP) is 3.05. The van der Waals surface area contributed by atoms with Crippen LogP contribution in [-0.2, 0) is 0 Å². The van der Waals surface area contributed by atoms with Gasteiger partial charge in [-0.1, -0.05) is 26.0 Å². The molecule has 110 valence electrons. The molecule has 1 aromatic heterocycles. The fourth-order valence-corrected chi connectivity index (χ4v) is 2.05. The maximum absolute atomic E-state index is 12.3. The van der Waals surface area contributed by atoms with E-state index < -0.39 is 0 Å². The normalized spacial score (nSPS) is 10.5. The van der Waals surface area contributed by atoms with Crippen molar-refractivity contribution in [2.75, 3.05) is 10.7 Å². The first-order valence-electron chi connectivity index (χ1n) is 6.86. The Morgan fingerprint density at radius 1 is 1.24 bits per heavy atom. The molecule has 0 fully saturated rings. The Balaban J connectivity index is 2.21. The van der Waals surface area contributed by atoms with E-state index in [-0.39, 0.29) is 5.91 Å². The van der Waals surface area contributed by atoms with Gasteiger partial charge in [-0.15, -0.1) is 0 Å². The van der Waals surface area contributed by atoms with Crippen molar-refractivity contribution in [1.82, 2.24) is 4.98 Å². The van der Waals surface area contributed by atoms with Crippen molar-refractivity contribution >= 4 is 17.4 Å². The highest BCUT2D eigenvalue weighted by molar-refractivity contribution is 6.04. The van der Waals surface area contributed by atoms with Gasteiger partial charge >= 0.3 is 0 Å². The molecule has 1 aromatic carbocycles. The van der Waals surface area contributed by atoms with Crippen molar-refractivity contribution in [1.29, 1.82) is 0 Å². The monoisotopic (exact) mass is 284 g/mol. The minimum absolute atomic E-state index is 0.182. The van der Waals surface area contributed by atoms with E-state index in [9.17, 15) is 4.79 Å². The summed E-state index contributed by atoms with van der Waals surface area (Å²) in [5.74, 6) is 6.05. The molecule has 0 saturated carbocycles. The number of aryl methyl sites for hydroxylation is 1. The standard InChI is InChI=1S/C16H20N4O/c1-10(2)12-5-4-6-14(8-12)19-16(21)13-7-11(3)18-15(9-13)20-17/h4-10H,17H2,1-3H3,(H,18,20)(H,19,21). The summed E-state index contributed by atoms with van der Waals surface area (Å²) < 4.78 is 0. The molecule has 0 bridgehead atoms. The van der Waals surface area contributed by atoms with Crippen LogP contribution in [0.2, 0.25) is 0 Å². The molecule has 5 nitrogen and oxygen atoms in total. The minimum atomic E-state index is -0.182. The number of nitrogens with zero attached hydrogens (tertiary/aromatic N) is 1. The van der Waals surface area contributed by atoms with Crippen molar-refractivity contribution in [3.05, 3.63) is 53.2 Å². The van der Waals surface area contributed by atoms with Gasteiger partial charge in [0.2, 0.25) is 0 Å². The molecule has 0 aliphatic carbocycles. The van der Waals surface area contributed by atoms with Crippen LogP contribution in [0.4, 0.5) is 11.5 Å². The molecule has 0 aliphatic rings. The van der Waals surface area contributed by atoms with Gasteiger partial charge in [0.05, 0.1) is 0 Å². The predicted molar refractivity (Wildman–Crippen MR) is 85.3 cm³/mol. The molecule has 0 saturated heterocycles. The van der Waals surface area contributed by atoms with Gasteiger partial charge in [-0.05, 0) is 42.7 Å². The first-order valence-corrected chi connectivity index (χ1v) is 6.86. The summed E-state index contributed by atoms with van der Waals surface area (Å²) in [7, 11) is 0. The number of hydrogen-bond acceptors (Lipinski definition) is 4. The molecule has 2 aromatic rings. The lowest BCUT2D eigenvalue weighted by Crippen LogP contribution is -2.15. The fraction of sp³-hybridized carbons (Fsp3) is 0.250. The second-order valence-electron chi connectivity index (χ2n) is 5.26. The Morgan fingerprint density at radius 2 is 2.00 bits per heavy atom. The van der Waals surface area contributed by atoms with Crippen molar-refractivity contribution in [2.45, 2.75) is 26.7 Å². The Labute approximate surface area is 124 Å². The van der Waals surface area contributed by atoms with Crippen molar-refractivity contribution in [2.24, 2.45) is 5.84 Å². The maximum atomic E-state index is 12.3. The van der Waals surface area contributed by atoms with Crippen LogP contribution in [0.25, 0.3) is 0 Å². The van der Waals surface area contributed by atoms with Gasteiger partial charge in [0.1, 0.15) is 5.82 Å². The molecule has 0 radical (unpaired) electrons. The van der Waals surface area contributed by atoms with E-state index in [2.05, 4.69) is 29.6 Å². The largest absolute Gasteiger partial charge is 0.322 e. The number of amides is 1. The van der Waals surface area contributed by atoms with E-state index in [0.29, 0.717) is 17.3 Å². The third-order valence-corrected chi connectivity index (χ3v) is 3.17. The lowest BCUT2D eigenvalue weighted by atomic mass is 10.0. The molecule has 4 N–H and O–H groups in total. The summed E-state index contributed by atoms with van der Waals surface area (Å²) in [6, 6.07) is 11.2. The highest BCUT2D eigenvalue weighted by atomic mass is 16.1. The summed E-state index contributed by atoms with van der Waals surface area (Å²) >= 11 is 0. The molecule has 0 aliphatic heterocycles. The van der Waals surface area contributed by atoms with Crippen LogP contribution in [0.1, 0.15) is 41.4 Å². The zero-order valence-electron chi connectivity index (χ0n) is 12.5. The number of benzene rings is 1. The maximum Gasteiger partial charge on any atom is 0.255 e. The van der Waals surface area contributed by atoms with Gasteiger partial charge < -0.3 is 10.7 Å². The van der Waals surface area contributed by atoms with Gasteiger partial charge in [0.25, 0.3) is 5.91 Å². The molecule has 2 rings (SSSR count). The number of nitrogen functional groups attached to an aromatic ring is 1. The number of pyridine rings is 1. The number of hydrazine groups is 1. The number of hydrogen-bond donors (Lipinski definition) is 3. The van der Waals surface area contributed by atoms with Crippen LogP contribution in [0, 0.1) is 6.92 Å². The van der Waals surface area contributed by atoms with Gasteiger partial charge in [0, 0.05) is 16.9 Å². The number of carbonyl (C=O) groups excluding carboxylic acids is 1. The third-order valence-electron chi connectivity index (χ3n) is 3.17. The van der Waals surface area contributed by atoms with E-state index in [1.807, 2.05) is 31.2 Å².